The highest BCUT2D eigenvalue weighted by atomic mass is 16.3. The average Bonchev–Trinajstić information content (AvgIpc) is 2.89. The fraction of sp³-hybridized carbons (Fsp3) is 0.188. The van der Waals surface area contributed by atoms with Gasteiger partial charge in [-0.15, -0.1) is 0 Å². The van der Waals surface area contributed by atoms with Gasteiger partial charge in [0.05, 0.1) is 11.0 Å². The van der Waals surface area contributed by atoms with Gasteiger partial charge in [-0.25, -0.2) is 4.98 Å². The third kappa shape index (κ3) is 1.72. The van der Waals surface area contributed by atoms with Gasteiger partial charge >= 0.3 is 0 Å². The number of nitrogens with one attached hydrogen (secondary N) is 2. The van der Waals surface area contributed by atoms with E-state index in [1.54, 1.807) is 12.1 Å². The lowest BCUT2D eigenvalue weighted by molar-refractivity contribution is 0.476. The molecule has 2 aromatic carbocycles. The molecule has 3 N–H and O–H groups in total. The Bertz CT molecular complexity index is 792. The second-order valence-corrected chi connectivity index (χ2v) is 5.15. The zero-order valence-corrected chi connectivity index (χ0v) is 11.0. The van der Waals surface area contributed by atoms with Crippen molar-refractivity contribution in [1.82, 2.24) is 9.97 Å². The number of imidazole rings is 1. The number of hydrogen-bond acceptors (Lipinski definition) is 3. The molecule has 0 radical (unpaired) electrons. The molecular weight excluding hydrogens is 250 g/mol. The van der Waals surface area contributed by atoms with E-state index in [2.05, 4.69) is 33.5 Å². The van der Waals surface area contributed by atoms with Crippen molar-refractivity contribution in [2.45, 2.75) is 12.8 Å². The van der Waals surface area contributed by atoms with Crippen molar-refractivity contribution in [2.24, 2.45) is 0 Å². The van der Waals surface area contributed by atoms with Gasteiger partial charge in [-0.05, 0) is 36.6 Å². The molecule has 0 amide bonds. The molecule has 0 fully saturated rings. The van der Waals surface area contributed by atoms with Crippen LogP contribution in [0.4, 0.5) is 5.69 Å². The molecule has 4 nitrogen and oxygen atoms in total. The summed E-state index contributed by atoms with van der Waals surface area (Å²) in [7, 11) is 0. The molecule has 0 saturated heterocycles. The van der Waals surface area contributed by atoms with Gasteiger partial charge in [-0.2, -0.15) is 0 Å². The van der Waals surface area contributed by atoms with Crippen LogP contribution in [0, 0.1) is 0 Å². The number of aromatic amines is 1. The summed E-state index contributed by atoms with van der Waals surface area (Å²) in [6.07, 6.45) is 2.21. The third-order valence-corrected chi connectivity index (χ3v) is 3.82. The van der Waals surface area contributed by atoms with E-state index in [4.69, 9.17) is 0 Å². The van der Waals surface area contributed by atoms with Gasteiger partial charge in [0.1, 0.15) is 11.6 Å². The SMILES string of the molecule is Oc1ccc2nc(-c3cccc4c3CCCN4)[nH]c2c1. The van der Waals surface area contributed by atoms with Crippen LogP contribution < -0.4 is 5.32 Å². The van der Waals surface area contributed by atoms with Crippen molar-refractivity contribution < 1.29 is 5.11 Å². The normalized spacial score (nSPS) is 14.0. The van der Waals surface area contributed by atoms with Crippen LogP contribution in [0.25, 0.3) is 22.4 Å². The Hall–Kier alpha value is -2.49. The fourth-order valence-corrected chi connectivity index (χ4v) is 2.86. The summed E-state index contributed by atoms with van der Waals surface area (Å²) in [5, 5.41) is 13.0. The Morgan fingerprint density at radius 3 is 3.05 bits per heavy atom. The molecule has 0 saturated carbocycles. The maximum absolute atomic E-state index is 9.54. The number of fused-ring (bicyclic) bond motifs is 2. The Labute approximate surface area is 116 Å². The third-order valence-electron chi connectivity index (χ3n) is 3.82. The van der Waals surface area contributed by atoms with E-state index in [-0.39, 0.29) is 5.75 Å². The Morgan fingerprint density at radius 1 is 1.15 bits per heavy atom. The van der Waals surface area contributed by atoms with E-state index in [1.807, 2.05) is 6.07 Å². The molecule has 1 aliphatic heterocycles. The minimum Gasteiger partial charge on any atom is -0.508 e. The van der Waals surface area contributed by atoms with Crippen molar-refractivity contribution in [3.63, 3.8) is 0 Å². The van der Waals surface area contributed by atoms with Gasteiger partial charge in [-0.1, -0.05) is 12.1 Å². The van der Waals surface area contributed by atoms with Crippen LogP contribution in [0.5, 0.6) is 5.75 Å². The van der Waals surface area contributed by atoms with Crippen molar-refractivity contribution in [3.8, 4) is 17.1 Å². The molecular formula is C16H15N3O. The summed E-state index contributed by atoms with van der Waals surface area (Å²) in [6, 6.07) is 11.5. The van der Waals surface area contributed by atoms with E-state index in [1.165, 1.54) is 11.3 Å². The Balaban J connectivity index is 1.90. The minimum atomic E-state index is 0.254. The number of phenols is 1. The Morgan fingerprint density at radius 2 is 2.10 bits per heavy atom. The number of rotatable bonds is 1. The minimum absolute atomic E-state index is 0.254. The van der Waals surface area contributed by atoms with Gasteiger partial charge in [0.25, 0.3) is 0 Å². The highest BCUT2D eigenvalue weighted by Crippen LogP contribution is 2.32. The largest absolute Gasteiger partial charge is 0.508 e. The first-order chi connectivity index (χ1) is 9.81. The first kappa shape index (κ1) is 11.3. The smallest absolute Gasteiger partial charge is 0.138 e. The number of nitrogens with zero attached hydrogens (tertiary/aromatic N) is 1. The maximum atomic E-state index is 9.54. The second-order valence-electron chi connectivity index (χ2n) is 5.15. The molecule has 20 heavy (non-hydrogen) atoms. The number of aromatic hydroxyl groups is 1. The molecule has 100 valence electrons. The van der Waals surface area contributed by atoms with Crippen LogP contribution in [-0.2, 0) is 6.42 Å². The van der Waals surface area contributed by atoms with Gasteiger partial charge in [0.15, 0.2) is 0 Å². The first-order valence-electron chi connectivity index (χ1n) is 6.86. The first-order valence-corrected chi connectivity index (χ1v) is 6.86. The van der Waals surface area contributed by atoms with E-state index < -0.39 is 0 Å². The second kappa shape index (κ2) is 4.27. The van der Waals surface area contributed by atoms with Gasteiger partial charge in [0.2, 0.25) is 0 Å². The summed E-state index contributed by atoms with van der Waals surface area (Å²) < 4.78 is 0. The molecule has 3 aromatic rings. The van der Waals surface area contributed by atoms with Gasteiger partial charge in [-0.3, -0.25) is 0 Å². The summed E-state index contributed by atoms with van der Waals surface area (Å²) in [5.74, 6) is 1.12. The fourth-order valence-electron chi connectivity index (χ4n) is 2.86. The monoisotopic (exact) mass is 265 g/mol. The predicted octanol–water partition coefficient (Wildman–Crippen LogP) is 3.29. The van der Waals surface area contributed by atoms with Crippen LogP contribution in [0.3, 0.4) is 0 Å². The van der Waals surface area contributed by atoms with Gasteiger partial charge in [0, 0.05) is 23.9 Å². The van der Waals surface area contributed by atoms with Gasteiger partial charge < -0.3 is 15.4 Å². The van der Waals surface area contributed by atoms with Crippen LogP contribution in [-0.4, -0.2) is 21.6 Å². The molecule has 0 atom stereocenters. The number of H-pyrrole nitrogens is 1. The molecule has 1 aromatic heterocycles. The zero-order chi connectivity index (χ0) is 13.5. The lowest BCUT2D eigenvalue weighted by Crippen LogP contribution is -2.12. The van der Waals surface area contributed by atoms with E-state index in [9.17, 15) is 5.11 Å². The lowest BCUT2D eigenvalue weighted by atomic mass is 9.97. The lowest BCUT2D eigenvalue weighted by Gasteiger charge is -2.20. The molecule has 0 bridgehead atoms. The Kier molecular flexibility index (Phi) is 2.42. The number of aromatic nitrogens is 2. The van der Waals surface area contributed by atoms with Crippen molar-refractivity contribution in [3.05, 3.63) is 42.0 Å². The van der Waals surface area contributed by atoms with Crippen molar-refractivity contribution >= 4 is 16.7 Å². The molecule has 4 rings (SSSR count). The van der Waals surface area contributed by atoms with Crippen LogP contribution in [0.2, 0.25) is 0 Å². The van der Waals surface area contributed by atoms with Crippen LogP contribution in [0.15, 0.2) is 36.4 Å². The summed E-state index contributed by atoms with van der Waals surface area (Å²) in [6.45, 7) is 1.03. The molecule has 0 spiro atoms. The summed E-state index contributed by atoms with van der Waals surface area (Å²) in [5.41, 5.74) is 5.41. The predicted molar refractivity (Wildman–Crippen MR) is 80.0 cm³/mol. The topological polar surface area (TPSA) is 60.9 Å². The maximum Gasteiger partial charge on any atom is 0.138 e. The van der Waals surface area contributed by atoms with Crippen molar-refractivity contribution in [1.29, 1.82) is 0 Å². The summed E-state index contributed by atoms with van der Waals surface area (Å²) >= 11 is 0. The molecule has 0 unspecified atom stereocenters. The zero-order valence-electron chi connectivity index (χ0n) is 11.0. The number of benzene rings is 2. The highest BCUT2D eigenvalue weighted by molar-refractivity contribution is 5.82. The van der Waals surface area contributed by atoms with E-state index >= 15 is 0 Å². The summed E-state index contributed by atoms with van der Waals surface area (Å²) in [4.78, 5) is 7.94. The van der Waals surface area contributed by atoms with Crippen LogP contribution >= 0.6 is 0 Å². The van der Waals surface area contributed by atoms with Crippen molar-refractivity contribution in [2.75, 3.05) is 11.9 Å². The molecule has 1 aliphatic rings. The number of phenolic OH excluding ortho intramolecular Hbond substituents is 1. The van der Waals surface area contributed by atoms with Crippen LogP contribution in [0.1, 0.15) is 12.0 Å². The van der Waals surface area contributed by atoms with E-state index in [0.29, 0.717) is 0 Å². The highest BCUT2D eigenvalue weighted by Gasteiger charge is 2.15. The molecule has 2 heterocycles. The van der Waals surface area contributed by atoms with E-state index in [0.717, 1.165) is 41.8 Å². The number of hydrogen-bond donors (Lipinski definition) is 3. The molecule has 4 heteroatoms. The quantitative estimate of drug-likeness (QED) is 0.632. The number of anilines is 1. The average molecular weight is 265 g/mol. The molecule has 0 aliphatic carbocycles. The standard InChI is InChI=1S/C16H15N3O/c20-10-6-7-14-15(9-10)19-16(18-14)12-3-1-5-13-11(12)4-2-8-17-13/h1,3,5-7,9,17,20H,2,4,8H2,(H,18,19).